The number of rotatable bonds is 2. The molecule has 0 aliphatic heterocycles. The van der Waals surface area contributed by atoms with Crippen molar-refractivity contribution in [3.8, 4) is 0 Å². The average molecular weight is 342 g/mol. The largest absolute Gasteiger partial charge is 0.143 e. The first kappa shape index (κ1) is 11.9. The van der Waals surface area contributed by atoms with Crippen LogP contribution < -0.4 is 0 Å². The van der Waals surface area contributed by atoms with E-state index in [0.29, 0.717) is 0 Å². The third-order valence-corrected chi connectivity index (χ3v) is 5.95. The van der Waals surface area contributed by atoms with E-state index in [2.05, 4.69) is 28.9 Å². The van der Waals surface area contributed by atoms with Gasteiger partial charge in [0.1, 0.15) is 5.38 Å². The minimum atomic E-state index is -0.101. The number of hydrogen-bond donors (Lipinski definition) is 0. The second kappa shape index (κ2) is 4.76. The van der Waals surface area contributed by atoms with Crippen LogP contribution in [0.25, 0.3) is 0 Å². The Hall–Kier alpha value is 0.460. The van der Waals surface area contributed by atoms with Crippen molar-refractivity contribution in [1.29, 1.82) is 0 Å². The number of hydrogen-bond acceptors (Lipinski definition) is 2. The van der Waals surface area contributed by atoms with Crippen molar-refractivity contribution in [2.24, 2.45) is 0 Å². The van der Waals surface area contributed by atoms with Gasteiger partial charge in [-0.1, -0.05) is 11.6 Å². The van der Waals surface area contributed by atoms with E-state index < -0.39 is 0 Å². The molecule has 0 aliphatic rings. The molecular weight excluding hydrogens is 335 g/mol. The van der Waals surface area contributed by atoms with Crippen LogP contribution in [0, 0.1) is 6.92 Å². The Balaban J connectivity index is 2.35. The van der Waals surface area contributed by atoms with Gasteiger partial charge >= 0.3 is 0 Å². The van der Waals surface area contributed by atoms with Gasteiger partial charge in [0.25, 0.3) is 0 Å². The maximum Gasteiger partial charge on any atom is 0.103 e. The fraction of sp³-hybridized carbons (Fsp3) is 0.200. The monoisotopic (exact) mass is 340 g/mol. The van der Waals surface area contributed by atoms with Crippen molar-refractivity contribution in [2.45, 2.75) is 12.3 Å². The zero-order valence-electron chi connectivity index (χ0n) is 7.76. The van der Waals surface area contributed by atoms with Gasteiger partial charge in [-0.15, -0.1) is 34.3 Å². The molecule has 5 heteroatoms. The van der Waals surface area contributed by atoms with Crippen LogP contribution >= 0.6 is 61.8 Å². The summed E-state index contributed by atoms with van der Waals surface area (Å²) < 4.78 is 1.86. The van der Waals surface area contributed by atoms with Crippen molar-refractivity contribution in [2.75, 3.05) is 0 Å². The van der Waals surface area contributed by atoms with Crippen LogP contribution in [0.3, 0.4) is 0 Å². The minimum Gasteiger partial charge on any atom is -0.143 e. The molecule has 0 saturated carbocycles. The molecule has 1 atom stereocenters. The fourth-order valence-electron chi connectivity index (χ4n) is 1.27. The zero-order chi connectivity index (χ0) is 11.0. The van der Waals surface area contributed by atoms with E-state index in [1.165, 1.54) is 16.2 Å². The van der Waals surface area contributed by atoms with Crippen LogP contribution in [-0.4, -0.2) is 0 Å². The molecule has 2 aromatic rings. The maximum atomic E-state index is 6.40. The highest BCUT2D eigenvalue weighted by Gasteiger charge is 2.18. The Labute approximate surface area is 115 Å². The van der Waals surface area contributed by atoms with Crippen molar-refractivity contribution in [3.05, 3.63) is 41.6 Å². The summed E-state index contributed by atoms with van der Waals surface area (Å²) in [6.45, 7) is 2.07. The first-order valence-corrected chi connectivity index (χ1v) is 7.47. The van der Waals surface area contributed by atoms with Crippen LogP contribution in [0.5, 0.6) is 0 Å². The summed E-state index contributed by atoms with van der Waals surface area (Å²) >= 11 is 19.0. The quantitative estimate of drug-likeness (QED) is 0.600. The third-order valence-electron chi connectivity index (χ3n) is 1.91. The van der Waals surface area contributed by atoms with E-state index in [9.17, 15) is 0 Å². The van der Waals surface area contributed by atoms with Crippen LogP contribution in [0.4, 0.5) is 0 Å². The van der Waals surface area contributed by atoms with Gasteiger partial charge < -0.3 is 0 Å². The van der Waals surface area contributed by atoms with Gasteiger partial charge in [0.15, 0.2) is 0 Å². The average Bonchev–Trinajstić information content (AvgIpc) is 2.71. The highest BCUT2D eigenvalue weighted by molar-refractivity contribution is 9.10. The Morgan fingerprint density at radius 3 is 2.53 bits per heavy atom. The molecule has 0 nitrogen and oxygen atoms in total. The Morgan fingerprint density at radius 1 is 1.33 bits per heavy atom. The van der Waals surface area contributed by atoms with Gasteiger partial charge in [-0.3, -0.25) is 0 Å². The van der Waals surface area contributed by atoms with E-state index in [-0.39, 0.29) is 5.38 Å². The van der Waals surface area contributed by atoms with Crippen molar-refractivity contribution >= 4 is 61.8 Å². The first-order valence-electron chi connectivity index (χ1n) is 4.23. The van der Waals surface area contributed by atoms with E-state index in [1.807, 2.05) is 12.1 Å². The molecule has 0 N–H and O–H groups in total. The molecule has 2 rings (SSSR count). The lowest BCUT2D eigenvalue weighted by Gasteiger charge is -2.04. The molecule has 1 unspecified atom stereocenters. The van der Waals surface area contributed by atoms with Crippen molar-refractivity contribution < 1.29 is 0 Å². The molecule has 0 spiro atoms. The van der Waals surface area contributed by atoms with Crippen LogP contribution in [0.2, 0.25) is 4.34 Å². The summed E-state index contributed by atoms with van der Waals surface area (Å²) in [7, 11) is 0. The molecular formula is C10H7BrCl2S2. The van der Waals surface area contributed by atoms with Gasteiger partial charge in [-0.25, -0.2) is 0 Å². The van der Waals surface area contributed by atoms with Gasteiger partial charge in [0, 0.05) is 19.1 Å². The molecule has 0 fully saturated rings. The Bertz CT molecular complexity index is 475. The lowest BCUT2D eigenvalue weighted by molar-refractivity contribution is 1.23. The summed E-state index contributed by atoms with van der Waals surface area (Å²) in [5, 5.41) is -0.101. The predicted molar refractivity (Wildman–Crippen MR) is 73.8 cm³/mol. The fourth-order valence-corrected chi connectivity index (χ4v) is 4.86. The SMILES string of the molecule is Cc1cc(Br)c(C(Cl)c2ccc(Cl)s2)s1. The number of halogens is 3. The number of alkyl halides is 1. The number of aryl methyl sites for hydroxylation is 1. The smallest absolute Gasteiger partial charge is 0.103 e. The molecule has 0 saturated heterocycles. The molecule has 15 heavy (non-hydrogen) atoms. The van der Waals surface area contributed by atoms with Crippen LogP contribution in [-0.2, 0) is 0 Å². The van der Waals surface area contributed by atoms with Crippen molar-refractivity contribution in [1.82, 2.24) is 0 Å². The number of thiophene rings is 2. The maximum absolute atomic E-state index is 6.40. The Morgan fingerprint density at radius 2 is 2.07 bits per heavy atom. The topological polar surface area (TPSA) is 0 Å². The first-order chi connectivity index (χ1) is 7.08. The van der Waals surface area contributed by atoms with E-state index in [1.54, 1.807) is 11.3 Å². The highest BCUT2D eigenvalue weighted by Crippen LogP contribution is 2.42. The lowest BCUT2D eigenvalue weighted by atomic mass is 10.3. The second-order valence-electron chi connectivity index (χ2n) is 3.07. The summed E-state index contributed by atoms with van der Waals surface area (Å²) in [6, 6.07) is 5.95. The van der Waals surface area contributed by atoms with Crippen LogP contribution in [0.1, 0.15) is 20.0 Å². The van der Waals surface area contributed by atoms with E-state index >= 15 is 0 Å². The molecule has 0 amide bonds. The lowest BCUT2D eigenvalue weighted by Crippen LogP contribution is -1.85. The van der Waals surface area contributed by atoms with E-state index in [0.717, 1.165) is 18.6 Å². The molecule has 2 aromatic heterocycles. The molecule has 2 heterocycles. The van der Waals surface area contributed by atoms with Gasteiger partial charge in [0.2, 0.25) is 0 Å². The van der Waals surface area contributed by atoms with Crippen LogP contribution in [0.15, 0.2) is 22.7 Å². The molecule has 80 valence electrons. The summed E-state index contributed by atoms with van der Waals surface area (Å²) in [6.07, 6.45) is 0. The minimum absolute atomic E-state index is 0.101. The normalized spacial score (nSPS) is 13.1. The second-order valence-corrected chi connectivity index (χ2v) is 7.40. The van der Waals surface area contributed by atoms with Gasteiger partial charge in [0.05, 0.1) is 4.34 Å². The van der Waals surface area contributed by atoms with Gasteiger partial charge in [-0.05, 0) is 41.1 Å². The molecule has 0 aromatic carbocycles. The summed E-state index contributed by atoms with van der Waals surface area (Å²) in [5.74, 6) is 0. The predicted octanol–water partition coefficient (Wildman–Crippen LogP) is 5.86. The zero-order valence-corrected chi connectivity index (χ0v) is 12.5. The van der Waals surface area contributed by atoms with Crippen molar-refractivity contribution in [3.63, 3.8) is 0 Å². The van der Waals surface area contributed by atoms with E-state index in [4.69, 9.17) is 23.2 Å². The van der Waals surface area contributed by atoms with Gasteiger partial charge in [-0.2, -0.15) is 0 Å². The molecule has 0 radical (unpaired) electrons. The summed E-state index contributed by atoms with van der Waals surface area (Å²) in [4.78, 5) is 3.49. The molecule has 0 aliphatic carbocycles. The molecule has 0 bridgehead atoms. The standard InChI is InChI=1S/C10H7BrCl2S2/c1-5-4-6(11)10(14-5)9(13)7-2-3-8(12)15-7/h2-4,9H,1H3. The summed E-state index contributed by atoms with van der Waals surface area (Å²) in [5.41, 5.74) is 0. The Kier molecular flexibility index (Phi) is 3.79. The third kappa shape index (κ3) is 2.59. The highest BCUT2D eigenvalue weighted by atomic mass is 79.9.